The van der Waals surface area contributed by atoms with Crippen molar-refractivity contribution in [2.45, 2.75) is 57.3 Å². The van der Waals surface area contributed by atoms with Crippen LogP contribution >= 0.6 is 0 Å². The second kappa shape index (κ2) is 4.75. The maximum atomic E-state index is 10.9. The largest absolute Gasteiger partial charge is 0.481 e. The van der Waals surface area contributed by atoms with Crippen LogP contribution in [0.25, 0.3) is 0 Å². The van der Waals surface area contributed by atoms with Crippen LogP contribution in [0.2, 0.25) is 0 Å². The topological polar surface area (TPSA) is 63.3 Å². The van der Waals surface area contributed by atoms with Crippen LogP contribution in [-0.4, -0.2) is 16.1 Å². The minimum absolute atomic E-state index is 0.161. The minimum atomic E-state index is -0.653. The highest BCUT2D eigenvalue weighted by molar-refractivity contribution is 5.70. The van der Waals surface area contributed by atoms with Crippen LogP contribution in [0.4, 0.5) is 0 Å². The Labute approximate surface area is 106 Å². The fourth-order valence-corrected chi connectivity index (χ4v) is 3.13. The molecular formula is C14H19NO3. The molecule has 18 heavy (non-hydrogen) atoms. The van der Waals surface area contributed by atoms with Gasteiger partial charge >= 0.3 is 5.97 Å². The highest BCUT2D eigenvalue weighted by Crippen LogP contribution is 2.37. The first-order chi connectivity index (χ1) is 8.74. The third kappa shape index (κ3) is 2.16. The van der Waals surface area contributed by atoms with Crippen molar-refractivity contribution < 1.29 is 14.3 Å². The molecule has 0 bridgehead atoms. The molecular weight excluding hydrogens is 230 g/mol. The molecule has 1 aromatic heterocycles. The third-order valence-corrected chi connectivity index (χ3v) is 4.29. The number of aromatic nitrogens is 1. The molecule has 3 rings (SSSR count). The van der Waals surface area contributed by atoms with Gasteiger partial charge in [-0.15, -0.1) is 0 Å². The van der Waals surface area contributed by atoms with Crippen LogP contribution in [0.15, 0.2) is 4.42 Å². The Morgan fingerprint density at radius 2 is 1.89 bits per heavy atom. The Bertz CT molecular complexity index is 420. The highest BCUT2D eigenvalue weighted by atomic mass is 16.4. The average molecular weight is 249 g/mol. The van der Waals surface area contributed by atoms with Gasteiger partial charge in [-0.1, -0.05) is 0 Å². The van der Waals surface area contributed by atoms with E-state index in [1.807, 2.05) is 0 Å². The molecule has 0 radical (unpaired) electrons. The summed E-state index contributed by atoms with van der Waals surface area (Å²) in [6.07, 6.45) is 7.79. The van der Waals surface area contributed by atoms with Gasteiger partial charge in [0.05, 0.1) is 11.6 Å². The van der Waals surface area contributed by atoms with Crippen molar-refractivity contribution in [1.82, 2.24) is 4.98 Å². The van der Waals surface area contributed by atoms with E-state index in [1.165, 1.54) is 12.8 Å². The molecule has 4 nitrogen and oxygen atoms in total. The predicted molar refractivity (Wildman–Crippen MR) is 65.5 cm³/mol. The van der Waals surface area contributed by atoms with E-state index in [9.17, 15) is 4.79 Å². The zero-order valence-electron chi connectivity index (χ0n) is 10.5. The molecule has 0 spiro atoms. The van der Waals surface area contributed by atoms with Gasteiger partial charge in [0.2, 0.25) is 0 Å². The standard InChI is InChI=1S/C14H19NO3/c16-14(17)10-7-5-9(6-8-10)13-15-11-3-1-2-4-12(11)18-13/h9-10H,1-8H2,(H,16,17). The number of hydrogen-bond acceptors (Lipinski definition) is 3. The molecule has 0 aromatic carbocycles. The third-order valence-electron chi connectivity index (χ3n) is 4.29. The molecule has 0 saturated heterocycles. The normalized spacial score (nSPS) is 27.8. The number of fused-ring (bicyclic) bond motifs is 1. The van der Waals surface area contributed by atoms with Gasteiger partial charge in [-0.2, -0.15) is 0 Å². The van der Waals surface area contributed by atoms with Gasteiger partial charge < -0.3 is 9.52 Å². The summed E-state index contributed by atoms with van der Waals surface area (Å²) in [4.78, 5) is 15.5. The minimum Gasteiger partial charge on any atom is -0.481 e. The number of carbonyl (C=O) groups is 1. The number of oxazole rings is 1. The smallest absolute Gasteiger partial charge is 0.306 e. The summed E-state index contributed by atoms with van der Waals surface area (Å²) in [6, 6.07) is 0. The molecule has 1 aromatic rings. The Kier molecular flexibility index (Phi) is 3.10. The molecule has 0 aliphatic heterocycles. The van der Waals surface area contributed by atoms with Crippen LogP contribution in [0.5, 0.6) is 0 Å². The number of aryl methyl sites for hydroxylation is 2. The number of carboxylic acids is 1. The van der Waals surface area contributed by atoms with E-state index in [0.29, 0.717) is 5.92 Å². The van der Waals surface area contributed by atoms with E-state index in [-0.39, 0.29) is 5.92 Å². The first kappa shape index (κ1) is 11.8. The molecule has 1 heterocycles. The summed E-state index contributed by atoms with van der Waals surface area (Å²) < 4.78 is 5.88. The Hall–Kier alpha value is -1.32. The summed E-state index contributed by atoms with van der Waals surface area (Å²) >= 11 is 0. The van der Waals surface area contributed by atoms with E-state index in [2.05, 4.69) is 4.98 Å². The summed E-state index contributed by atoms with van der Waals surface area (Å²) in [6.45, 7) is 0. The summed E-state index contributed by atoms with van der Waals surface area (Å²) in [7, 11) is 0. The molecule has 0 atom stereocenters. The van der Waals surface area contributed by atoms with Gasteiger partial charge in [0.25, 0.3) is 0 Å². The van der Waals surface area contributed by atoms with E-state index >= 15 is 0 Å². The second-order valence-electron chi connectivity index (χ2n) is 5.52. The van der Waals surface area contributed by atoms with Crippen LogP contribution in [0, 0.1) is 5.92 Å². The maximum Gasteiger partial charge on any atom is 0.306 e. The number of aliphatic carboxylic acids is 1. The zero-order chi connectivity index (χ0) is 12.5. The fourth-order valence-electron chi connectivity index (χ4n) is 3.13. The van der Waals surface area contributed by atoms with Gasteiger partial charge in [-0.25, -0.2) is 4.98 Å². The zero-order valence-corrected chi connectivity index (χ0v) is 10.5. The average Bonchev–Trinajstić information content (AvgIpc) is 2.82. The molecule has 1 saturated carbocycles. The van der Waals surface area contributed by atoms with E-state index in [4.69, 9.17) is 9.52 Å². The van der Waals surface area contributed by atoms with Crippen molar-refractivity contribution in [3.63, 3.8) is 0 Å². The van der Waals surface area contributed by atoms with Crippen molar-refractivity contribution >= 4 is 5.97 Å². The number of nitrogens with zero attached hydrogens (tertiary/aromatic N) is 1. The van der Waals surface area contributed by atoms with Crippen molar-refractivity contribution in [2.75, 3.05) is 0 Å². The first-order valence-corrected chi connectivity index (χ1v) is 6.95. The summed E-state index contributed by atoms with van der Waals surface area (Å²) in [5.41, 5.74) is 1.15. The number of hydrogen-bond donors (Lipinski definition) is 1. The lowest BCUT2D eigenvalue weighted by atomic mass is 9.82. The lowest BCUT2D eigenvalue weighted by Crippen LogP contribution is -2.20. The Morgan fingerprint density at radius 1 is 1.17 bits per heavy atom. The Morgan fingerprint density at radius 3 is 2.56 bits per heavy atom. The van der Waals surface area contributed by atoms with Crippen LogP contribution in [-0.2, 0) is 17.6 Å². The molecule has 4 heteroatoms. The lowest BCUT2D eigenvalue weighted by molar-refractivity contribution is -0.142. The molecule has 98 valence electrons. The fraction of sp³-hybridized carbons (Fsp3) is 0.714. The molecule has 0 amide bonds. The highest BCUT2D eigenvalue weighted by Gasteiger charge is 2.30. The van der Waals surface area contributed by atoms with Gasteiger partial charge in [0.1, 0.15) is 5.76 Å². The second-order valence-corrected chi connectivity index (χ2v) is 5.52. The maximum absolute atomic E-state index is 10.9. The SMILES string of the molecule is O=C(O)C1CCC(c2nc3c(o2)CCCC3)CC1. The first-order valence-electron chi connectivity index (χ1n) is 6.95. The molecule has 0 unspecified atom stereocenters. The van der Waals surface area contributed by atoms with Crippen molar-refractivity contribution in [1.29, 1.82) is 0 Å². The predicted octanol–water partition coefficient (Wildman–Crippen LogP) is 2.91. The van der Waals surface area contributed by atoms with Crippen LogP contribution < -0.4 is 0 Å². The summed E-state index contributed by atoms with van der Waals surface area (Å²) in [5.74, 6) is 1.47. The summed E-state index contributed by atoms with van der Waals surface area (Å²) in [5, 5.41) is 8.99. The number of carboxylic acid groups (broad SMARTS) is 1. The van der Waals surface area contributed by atoms with Crippen LogP contribution in [0.3, 0.4) is 0 Å². The van der Waals surface area contributed by atoms with Crippen molar-refractivity contribution in [2.24, 2.45) is 5.92 Å². The van der Waals surface area contributed by atoms with Gasteiger partial charge in [0.15, 0.2) is 5.89 Å². The van der Waals surface area contributed by atoms with E-state index in [0.717, 1.165) is 55.9 Å². The van der Waals surface area contributed by atoms with E-state index in [1.54, 1.807) is 0 Å². The molecule has 1 N–H and O–H groups in total. The molecule has 1 fully saturated rings. The van der Waals surface area contributed by atoms with Crippen LogP contribution in [0.1, 0.15) is 61.8 Å². The van der Waals surface area contributed by atoms with E-state index < -0.39 is 5.97 Å². The molecule has 2 aliphatic rings. The van der Waals surface area contributed by atoms with Crippen molar-refractivity contribution in [3.05, 3.63) is 17.3 Å². The number of rotatable bonds is 2. The van der Waals surface area contributed by atoms with Crippen molar-refractivity contribution in [3.8, 4) is 0 Å². The Balaban J connectivity index is 1.69. The monoisotopic (exact) mass is 249 g/mol. The van der Waals surface area contributed by atoms with Gasteiger partial charge in [-0.05, 0) is 44.9 Å². The van der Waals surface area contributed by atoms with Gasteiger partial charge in [-0.3, -0.25) is 4.79 Å². The quantitative estimate of drug-likeness (QED) is 0.875. The molecule has 2 aliphatic carbocycles. The van der Waals surface area contributed by atoms with Gasteiger partial charge in [0, 0.05) is 12.3 Å². The lowest BCUT2D eigenvalue weighted by Gasteiger charge is -2.23.